The summed E-state index contributed by atoms with van der Waals surface area (Å²) in [5, 5.41) is 18.4. The topological polar surface area (TPSA) is 60.8 Å². The van der Waals surface area contributed by atoms with Crippen LogP contribution in [0.2, 0.25) is 0 Å². The third-order valence-corrected chi connectivity index (χ3v) is 2.28. The number of benzene rings is 1. The summed E-state index contributed by atoms with van der Waals surface area (Å²) in [7, 11) is 2.63. The molecule has 1 aromatic carbocycles. The Labute approximate surface area is 102 Å². The van der Waals surface area contributed by atoms with Gasteiger partial charge in [0.1, 0.15) is 0 Å². The van der Waals surface area contributed by atoms with E-state index < -0.39 is 5.60 Å². The average molecular weight is 234 g/mol. The van der Waals surface area contributed by atoms with Crippen LogP contribution in [0.15, 0.2) is 24.3 Å². The van der Waals surface area contributed by atoms with Crippen LogP contribution in [0.3, 0.4) is 0 Å². The number of carbonyl (C=O) groups excluding carboxylic acids is 1. The molecule has 0 bridgehead atoms. The summed E-state index contributed by atoms with van der Waals surface area (Å²) in [6, 6.07) is 6.60. The first kappa shape index (κ1) is 13.7. The van der Waals surface area contributed by atoms with Gasteiger partial charge in [-0.25, -0.2) is 0 Å². The largest absolute Gasteiger partial charge is 0.450 e. The molecule has 0 aliphatic rings. The lowest BCUT2D eigenvalue weighted by Gasteiger charge is -2.25. The summed E-state index contributed by atoms with van der Waals surface area (Å²) in [6.07, 6.45) is 0. The summed E-state index contributed by atoms with van der Waals surface area (Å²) in [5.41, 5.74) is 0.262. The van der Waals surface area contributed by atoms with Crippen molar-refractivity contribution in [1.29, 1.82) is 0 Å². The fraction of sp³-hybridized carbons (Fsp3) is 0.417. The Morgan fingerprint density at radius 3 is 2.29 bits per heavy atom. The molecule has 0 aliphatic carbocycles. The molecule has 0 heterocycles. The number of rotatable bonds is 4. The van der Waals surface area contributed by atoms with E-state index in [1.165, 1.54) is 4.90 Å². The van der Waals surface area contributed by atoms with E-state index >= 15 is 0 Å². The van der Waals surface area contributed by atoms with Crippen molar-refractivity contribution in [1.82, 2.24) is 4.90 Å². The minimum Gasteiger partial charge on any atom is -0.450 e. The molecule has 17 heavy (non-hydrogen) atoms. The van der Waals surface area contributed by atoms with Gasteiger partial charge in [-0.15, -0.1) is 0 Å². The molecule has 1 amide bonds. The van der Waals surface area contributed by atoms with E-state index in [9.17, 15) is 9.90 Å². The molecule has 0 atom stereocenters. The van der Waals surface area contributed by atoms with Gasteiger partial charge in [-0.1, -0.05) is 17.6 Å². The Kier molecular flexibility index (Phi) is 4.31. The van der Waals surface area contributed by atoms with Gasteiger partial charge in [0, 0.05) is 19.2 Å². The first-order chi connectivity index (χ1) is 7.83. The predicted molar refractivity (Wildman–Crippen MR) is 67.3 cm³/mol. The van der Waals surface area contributed by atoms with Gasteiger partial charge < -0.3 is 15.0 Å². The zero-order chi connectivity index (χ0) is 13.1. The Morgan fingerprint density at radius 2 is 1.88 bits per heavy atom. The second-order valence-corrected chi connectivity index (χ2v) is 4.72. The van der Waals surface area contributed by atoms with Crippen LogP contribution in [0.25, 0.3) is 0 Å². The molecule has 4 nitrogen and oxygen atoms in total. The van der Waals surface area contributed by atoms with E-state index in [2.05, 4.69) is 0 Å². The number of nitrogens with zero attached hydrogens (tertiary/aromatic N) is 1. The highest BCUT2D eigenvalue weighted by Gasteiger charge is 2.20. The lowest BCUT2D eigenvalue weighted by molar-refractivity contribution is 0.0368. The Bertz CT molecular complexity index is 384. The molecule has 0 unspecified atom stereocenters. The predicted octanol–water partition coefficient (Wildman–Crippen LogP) is -0.234. The Balaban J connectivity index is 2.75. The van der Waals surface area contributed by atoms with Crippen molar-refractivity contribution in [2.45, 2.75) is 19.4 Å². The summed E-state index contributed by atoms with van der Waals surface area (Å²) in [6.45, 7) is 3.57. The molecule has 0 saturated heterocycles. The first-order valence-electron chi connectivity index (χ1n) is 5.39. The average Bonchev–Trinajstić information content (AvgIpc) is 2.26. The second kappa shape index (κ2) is 5.34. The SMILES string of the molecule is CN(CC(C)(C)O)C(=O)c1ccc([B]O)cc1. The lowest BCUT2D eigenvalue weighted by atomic mass is 9.88. The number of hydrogen-bond acceptors (Lipinski definition) is 3. The molecule has 5 heteroatoms. The van der Waals surface area contributed by atoms with E-state index in [1.807, 2.05) is 0 Å². The molecule has 91 valence electrons. The number of carbonyl (C=O) groups is 1. The van der Waals surface area contributed by atoms with Crippen molar-refractivity contribution in [2.24, 2.45) is 0 Å². The van der Waals surface area contributed by atoms with Crippen molar-refractivity contribution in [3.8, 4) is 0 Å². The zero-order valence-corrected chi connectivity index (χ0v) is 10.3. The van der Waals surface area contributed by atoms with Crippen molar-refractivity contribution in [3.05, 3.63) is 29.8 Å². The molecule has 0 spiro atoms. The molecule has 1 rings (SSSR count). The maximum absolute atomic E-state index is 12.0. The Hall–Kier alpha value is -1.33. The molecule has 1 radical (unpaired) electrons. The Morgan fingerprint density at radius 1 is 1.35 bits per heavy atom. The molecule has 2 N–H and O–H groups in total. The molecular formula is C12H17BNO3. The van der Waals surface area contributed by atoms with Crippen LogP contribution < -0.4 is 5.46 Å². The fourth-order valence-electron chi connectivity index (χ4n) is 1.58. The zero-order valence-electron chi connectivity index (χ0n) is 10.3. The van der Waals surface area contributed by atoms with E-state index in [1.54, 1.807) is 45.2 Å². The maximum Gasteiger partial charge on any atom is 0.326 e. The normalized spacial score (nSPS) is 11.1. The van der Waals surface area contributed by atoms with Crippen LogP contribution in [0.5, 0.6) is 0 Å². The van der Waals surface area contributed by atoms with Crippen molar-refractivity contribution >= 4 is 18.9 Å². The number of hydrogen-bond donors (Lipinski definition) is 2. The van der Waals surface area contributed by atoms with Crippen molar-refractivity contribution in [3.63, 3.8) is 0 Å². The van der Waals surface area contributed by atoms with Crippen LogP contribution in [0, 0.1) is 0 Å². The second-order valence-electron chi connectivity index (χ2n) is 4.72. The molecule has 0 aliphatic heterocycles. The molecule has 0 fully saturated rings. The van der Waals surface area contributed by atoms with E-state index in [4.69, 9.17) is 5.02 Å². The summed E-state index contributed by atoms with van der Waals surface area (Å²) in [5.74, 6) is -0.156. The fourth-order valence-corrected chi connectivity index (χ4v) is 1.58. The van der Waals surface area contributed by atoms with Crippen LogP contribution in [0.4, 0.5) is 0 Å². The van der Waals surface area contributed by atoms with Gasteiger partial charge in [-0.3, -0.25) is 4.79 Å². The van der Waals surface area contributed by atoms with Gasteiger partial charge in [-0.2, -0.15) is 0 Å². The highest BCUT2D eigenvalue weighted by molar-refractivity contribution is 6.45. The molecular weight excluding hydrogens is 217 g/mol. The quantitative estimate of drug-likeness (QED) is 0.707. The van der Waals surface area contributed by atoms with Gasteiger partial charge in [0.2, 0.25) is 0 Å². The standard InChI is InChI=1S/C12H17BNO3/c1-12(2,16)8-14(3)11(15)9-4-6-10(13-17)7-5-9/h4-7,16-17H,8H2,1-3H3. The van der Waals surface area contributed by atoms with Crippen LogP contribution in [0.1, 0.15) is 24.2 Å². The smallest absolute Gasteiger partial charge is 0.326 e. The molecule has 0 aromatic heterocycles. The van der Waals surface area contributed by atoms with Gasteiger partial charge in [0.05, 0.1) is 5.60 Å². The van der Waals surface area contributed by atoms with Crippen LogP contribution >= 0.6 is 0 Å². The van der Waals surface area contributed by atoms with E-state index in [0.29, 0.717) is 11.0 Å². The molecule has 0 saturated carbocycles. The lowest BCUT2D eigenvalue weighted by Crippen LogP contribution is -2.39. The number of aliphatic hydroxyl groups is 1. The number of likely N-dealkylation sites (N-methyl/N-ethyl adjacent to an activating group) is 1. The van der Waals surface area contributed by atoms with Crippen LogP contribution in [-0.2, 0) is 0 Å². The van der Waals surface area contributed by atoms with E-state index in [-0.39, 0.29) is 12.5 Å². The minimum atomic E-state index is -0.913. The highest BCUT2D eigenvalue weighted by Crippen LogP contribution is 2.07. The monoisotopic (exact) mass is 234 g/mol. The maximum atomic E-state index is 12.0. The minimum absolute atomic E-state index is 0.156. The van der Waals surface area contributed by atoms with Crippen molar-refractivity contribution in [2.75, 3.05) is 13.6 Å². The summed E-state index contributed by atoms with van der Waals surface area (Å²) >= 11 is 0. The highest BCUT2D eigenvalue weighted by atomic mass is 16.3. The van der Waals surface area contributed by atoms with Gasteiger partial charge in [-0.05, 0) is 26.0 Å². The third-order valence-electron chi connectivity index (χ3n) is 2.28. The number of amides is 1. The molecule has 1 aromatic rings. The van der Waals surface area contributed by atoms with Gasteiger partial charge in [0.15, 0.2) is 0 Å². The van der Waals surface area contributed by atoms with Crippen LogP contribution in [-0.4, -0.2) is 47.6 Å². The van der Waals surface area contributed by atoms with Gasteiger partial charge >= 0.3 is 7.48 Å². The first-order valence-corrected chi connectivity index (χ1v) is 5.39. The van der Waals surface area contributed by atoms with Gasteiger partial charge in [0.25, 0.3) is 5.91 Å². The van der Waals surface area contributed by atoms with E-state index in [0.717, 1.165) is 7.48 Å². The summed E-state index contributed by atoms with van der Waals surface area (Å²) in [4.78, 5) is 13.4. The third kappa shape index (κ3) is 4.21. The summed E-state index contributed by atoms with van der Waals surface area (Å²) < 4.78 is 0. The van der Waals surface area contributed by atoms with Crippen molar-refractivity contribution < 1.29 is 14.9 Å².